The molecule has 0 saturated carbocycles. The molecule has 0 aliphatic rings. The Kier molecular flexibility index (Phi) is 4.56. The predicted molar refractivity (Wildman–Crippen MR) is 94.8 cm³/mol. The highest BCUT2D eigenvalue weighted by Crippen LogP contribution is 2.32. The molecule has 4 heteroatoms. The molecule has 0 radical (unpaired) electrons. The first-order chi connectivity index (χ1) is 11.5. The molecular weight excluding hydrogens is 303 g/mol. The van der Waals surface area contributed by atoms with Crippen molar-refractivity contribution in [2.45, 2.75) is 40.8 Å². The lowest BCUT2D eigenvalue weighted by molar-refractivity contribution is 0.307. The number of hydrogen-bond donors (Lipinski definition) is 0. The molecule has 3 aromatic rings. The zero-order valence-corrected chi connectivity index (χ0v) is 14.6. The minimum absolute atomic E-state index is 0.234. The van der Waals surface area contributed by atoms with Gasteiger partial charge in [0.15, 0.2) is 0 Å². The summed E-state index contributed by atoms with van der Waals surface area (Å²) in [4.78, 5) is 4.55. The van der Waals surface area contributed by atoms with Gasteiger partial charge in [-0.2, -0.15) is 0 Å². The van der Waals surface area contributed by atoms with Crippen molar-refractivity contribution in [3.8, 4) is 5.75 Å². The topological polar surface area (TPSA) is 27.1 Å². The standard InChI is InChI=1S/C20H23FN2O/c1-13(2)11-23-15(4)14(3)19-20(23)18(9-10-22-19)24-12-16-5-7-17(21)8-6-16/h5-10,13H,11-12H2,1-4H3. The van der Waals surface area contributed by atoms with Gasteiger partial charge in [0.2, 0.25) is 0 Å². The Bertz CT molecular complexity index is 850. The number of nitrogens with zero attached hydrogens (tertiary/aromatic N) is 2. The van der Waals surface area contributed by atoms with Crippen LogP contribution in [0.3, 0.4) is 0 Å². The van der Waals surface area contributed by atoms with Crippen LogP contribution in [-0.2, 0) is 13.2 Å². The molecule has 2 aromatic heterocycles. The lowest BCUT2D eigenvalue weighted by Gasteiger charge is -2.14. The normalized spacial score (nSPS) is 11.4. The highest BCUT2D eigenvalue weighted by Gasteiger charge is 2.17. The molecule has 24 heavy (non-hydrogen) atoms. The molecule has 0 spiro atoms. The fourth-order valence-electron chi connectivity index (χ4n) is 2.96. The van der Waals surface area contributed by atoms with Crippen molar-refractivity contribution < 1.29 is 9.13 Å². The second kappa shape index (κ2) is 6.63. The van der Waals surface area contributed by atoms with Crippen LogP contribution in [0.4, 0.5) is 4.39 Å². The van der Waals surface area contributed by atoms with E-state index in [1.165, 1.54) is 23.4 Å². The van der Waals surface area contributed by atoms with Crippen LogP contribution >= 0.6 is 0 Å². The first-order valence-electron chi connectivity index (χ1n) is 8.29. The summed E-state index contributed by atoms with van der Waals surface area (Å²) in [5.74, 6) is 1.12. The summed E-state index contributed by atoms with van der Waals surface area (Å²) in [5.41, 5.74) is 5.40. The molecule has 0 saturated heterocycles. The Balaban J connectivity index is 1.98. The summed E-state index contributed by atoms with van der Waals surface area (Å²) in [6.07, 6.45) is 1.79. The van der Waals surface area contributed by atoms with Crippen LogP contribution in [0.5, 0.6) is 5.75 Å². The second-order valence-electron chi connectivity index (χ2n) is 6.64. The molecule has 0 fully saturated rings. The predicted octanol–water partition coefficient (Wildman–Crippen LogP) is 5.03. The summed E-state index contributed by atoms with van der Waals surface area (Å²) in [6.45, 7) is 9.97. The van der Waals surface area contributed by atoms with Crippen molar-refractivity contribution in [3.63, 3.8) is 0 Å². The lowest BCUT2D eigenvalue weighted by atomic mass is 10.2. The molecule has 0 amide bonds. The Labute approximate surface area is 142 Å². The zero-order valence-electron chi connectivity index (χ0n) is 14.6. The van der Waals surface area contributed by atoms with Gasteiger partial charge < -0.3 is 9.30 Å². The summed E-state index contributed by atoms with van der Waals surface area (Å²) < 4.78 is 21.4. The van der Waals surface area contributed by atoms with Crippen molar-refractivity contribution in [1.29, 1.82) is 0 Å². The summed E-state index contributed by atoms with van der Waals surface area (Å²) in [5, 5.41) is 0. The summed E-state index contributed by atoms with van der Waals surface area (Å²) >= 11 is 0. The SMILES string of the molecule is Cc1c(C)n(CC(C)C)c2c(OCc3ccc(F)cc3)ccnc12. The maximum absolute atomic E-state index is 13.0. The molecule has 0 aliphatic heterocycles. The van der Waals surface area contributed by atoms with Gasteiger partial charge in [-0.05, 0) is 43.0 Å². The number of hydrogen-bond acceptors (Lipinski definition) is 2. The Morgan fingerprint density at radius 2 is 1.83 bits per heavy atom. The van der Waals surface area contributed by atoms with E-state index in [9.17, 15) is 4.39 Å². The summed E-state index contributed by atoms with van der Waals surface area (Å²) in [7, 11) is 0. The number of aryl methyl sites for hydroxylation is 1. The fraction of sp³-hybridized carbons (Fsp3) is 0.350. The van der Waals surface area contributed by atoms with E-state index in [1.54, 1.807) is 18.3 Å². The van der Waals surface area contributed by atoms with Gasteiger partial charge in [-0.3, -0.25) is 4.98 Å². The Morgan fingerprint density at radius 3 is 2.50 bits per heavy atom. The third-order valence-electron chi connectivity index (χ3n) is 4.32. The number of fused-ring (bicyclic) bond motifs is 1. The van der Waals surface area contributed by atoms with Crippen molar-refractivity contribution in [3.05, 3.63) is 59.2 Å². The largest absolute Gasteiger partial charge is 0.487 e. The number of pyridine rings is 1. The first kappa shape index (κ1) is 16.5. The molecule has 0 N–H and O–H groups in total. The van der Waals surface area contributed by atoms with E-state index in [0.717, 1.165) is 28.9 Å². The van der Waals surface area contributed by atoms with Crippen molar-refractivity contribution in [2.75, 3.05) is 0 Å². The minimum Gasteiger partial charge on any atom is -0.487 e. The number of rotatable bonds is 5. The molecule has 3 nitrogen and oxygen atoms in total. The van der Waals surface area contributed by atoms with E-state index in [1.807, 2.05) is 6.07 Å². The number of benzene rings is 1. The Hall–Kier alpha value is -2.36. The van der Waals surface area contributed by atoms with Crippen LogP contribution in [0.25, 0.3) is 11.0 Å². The van der Waals surface area contributed by atoms with E-state index >= 15 is 0 Å². The van der Waals surface area contributed by atoms with Gasteiger partial charge in [-0.1, -0.05) is 26.0 Å². The summed E-state index contributed by atoms with van der Waals surface area (Å²) in [6, 6.07) is 8.31. The fourth-order valence-corrected chi connectivity index (χ4v) is 2.96. The van der Waals surface area contributed by atoms with Crippen molar-refractivity contribution in [2.24, 2.45) is 5.92 Å². The van der Waals surface area contributed by atoms with Crippen LogP contribution in [0.15, 0.2) is 36.5 Å². The third-order valence-corrected chi connectivity index (χ3v) is 4.32. The van der Waals surface area contributed by atoms with E-state index in [4.69, 9.17) is 4.74 Å². The monoisotopic (exact) mass is 326 g/mol. The zero-order chi connectivity index (χ0) is 17.3. The highest BCUT2D eigenvalue weighted by molar-refractivity contribution is 5.86. The molecule has 1 aromatic carbocycles. The third kappa shape index (κ3) is 3.14. The molecule has 0 aliphatic carbocycles. The average molecular weight is 326 g/mol. The smallest absolute Gasteiger partial charge is 0.147 e. The van der Waals surface area contributed by atoms with Gasteiger partial charge in [0.1, 0.15) is 23.7 Å². The van der Waals surface area contributed by atoms with Crippen LogP contribution in [0.1, 0.15) is 30.7 Å². The maximum atomic E-state index is 13.0. The van der Waals surface area contributed by atoms with Crippen LogP contribution in [0, 0.1) is 25.6 Å². The van der Waals surface area contributed by atoms with Gasteiger partial charge >= 0.3 is 0 Å². The number of aromatic nitrogens is 2. The molecule has 0 atom stereocenters. The van der Waals surface area contributed by atoms with Crippen molar-refractivity contribution >= 4 is 11.0 Å². The van der Waals surface area contributed by atoms with Gasteiger partial charge in [0, 0.05) is 24.5 Å². The molecule has 0 bridgehead atoms. The van der Waals surface area contributed by atoms with E-state index < -0.39 is 0 Å². The molecule has 126 valence electrons. The van der Waals surface area contributed by atoms with Gasteiger partial charge in [0.05, 0.1) is 5.52 Å². The average Bonchev–Trinajstić information content (AvgIpc) is 2.80. The van der Waals surface area contributed by atoms with E-state index in [2.05, 4.69) is 37.2 Å². The lowest BCUT2D eigenvalue weighted by Crippen LogP contribution is -2.07. The molecule has 2 heterocycles. The maximum Gasteiger partial charge on any atom is 0.147 e. The second-order valence-corrected chi connectivity index (χ2v) is 6.64. The van der Waals surface area contributed by atoms with Crippen molar-refractivity contribution in [1.82, 2.24) is 9.55 Å². The van der Waals surface area contributed by atoms with Gasteiger partial charge in [0.25, 0.3) is 0 Å². The first-order valence-corrected chi connectivity index (χ1v) is 8.29. The van der Waals surface area contributed by atoms with E-state index in [0.29, 0.717) is 12.5 Å². The highest BCUT2D eigenvalue weighted by atomic mass is 19.1. The van der Waals surface area contributed by atoms with E-state index in [-0.39, 0.29) is 5.82 Å². The Morgan fingerprint density at radius 1 is 1.12 bits per heavy atom. The molecular formula is C20H23FN2O. The molecule has 0 unspecified atom stereocenters. The van der Waals surface area contributed by atoms with Crippen LogP contribution in [-0.4, -0.2) is 9.55 Å². The number of halogens is 1. The minimum atomic E-state index is -0.234. The van der Waals surface area contributed by atoms with Crippen LogP contribution in [0.2, 0.25) is 0 Å². The van der Waals surface area contributed by atoms with Gasteiger partial charge in [-0.25, -0.2) is 4.39 Å². The number of ether oxygens (including phenoxy) is 1. The van der Waals surface area contributed by atoms with Crippen LogP contribution < -0.4 is 4.74 Å². The quantitative estimate of drug-likeness (QED) is 0.658. The van der Waals surface area contributed by atoms with Gasteiger partial charge in [-0.15, -0.1) is 0 Å². The molecule has 3 rings (SSSR count).